The fourth-order valence-electron chi connectivity index (χ4n) is 3.54. The molecule has 0 atom stereocenters. The van der Waals surface area contributed by atoms with Crippen molar-refractivity contribution in [3.05, 3.63) is 118 Å². The minimum atomic E-state index is -4.10. The number of anilines is 2. The molecule has 6 nitrogen and oxygen atoms in total. The molecule has 0 aromatic heterocycles. The summed E-state index contributed by atoms with van der Waals surface area (Å²) < 4.78 is 33.8. The van der Waals surface area contributed by atoms with Crippen LogP contribution in [-0.4, -0.2) is 20.9 Å². The lowest BCUT2D eigenvalue weighted by Gasteiger charge is -2.24. The Bertz CT molecular complexity index is 1460. The number of amides is 1. The van der Waals surface area contributed by atoms with Crippen LogP contribution in [0.1, 0.15) is 11.1 Å². The van der Waals surface area contributed by atoms with E-state index in [1.807, 2.05) is 37.3 Å². The standard InChI is InChI=1S/C28H24Cl2N2O4S/c1-20-7-13-27(14-8-20)37(34,35)32(25-16-22(29)15-23(30)17-25)18-28(33)31-24-9-11-26(12-10-24)36-19-21-5-3-2-4-6-21/h2-17H,18-19H2,1H3,(H,31,33). The lowest BCUT2D eigenvalue weighted by atomic mass is 10.2. The normalized spacial score (nSPS) is 11.1. The summed E-state index contributed by atoms with van der Waals surface area (Å²) in [7, 11) is -4.10. The molecule has 0 heterocycles. The molecule has 4 rings (SSSR count). The van der Waals surface area contributed by atoms with E-state index in [4.69, 9.17) is 27.9 Å². The molecule has 0 radical (unpaired) electrons. The second kappa shape index (κ2) is 11.7. The Labute approximate surface area is 226 Å². The molecule has 1 N–H and O–H groups in total. The van der Waals surface area contributed by atoms with Crippen molar-refractivity contribution in [1.82, 2.24) is 0 Å². The monoisotopic (exact) mass is 554 g/mol. The van der Waals surface area contributed by atoms with Crippen LogP contribution in [0.15, 0.2) is 102 Å². The number of carbonyl (C=O) groups is 1. The van der Waals surface area contributed by atoms with Gasteiger partial charge in [0.1, 0.15) is 18.9 Å². The van der Waals surface area contributed by atoms with Crippen molar-refractivity contribution in [2.45, 2.75) is 18.4 Å². The highest BCUT2D eigenvalue weighted by atomic mass is 35.5. The van der Waals surface area contributed by atoms with E-state index in [-0.39, 0.29) is 20.6 Å². The number of nitrogens with one attached hydrogen (secondary N) is 1. The SMILES string of the molecule is Cc1ccc(S(=O)(=O)N(CC(=O)Nc2ccc(OCc3ccccc3)cc2)c2cc(Cl)cc(Cl)c2)cc1. The summed E-state index contributed by atoms with van der Waals surface area (Å²) in [5.74, 6) is 0.101. The van der Waals surface area contributed by atoms with Gasteiger partial charge in [-0.15, -0.1) is 0 Å². The number of rotatable bonds is 9. The van der Waals surface area contributed by atoms with Crippen LogP contribution in [0, 0.1) is 6.92 Å². The number of sulfonamides is 1. The van der Waals surface area contributed by atoms with Crippen molar-refractivity contribution in [2.75, 3.05) is 16.2 Å². The van der Waals surface area contributed by atoms with E-state index in [9.17, 15) is 13.2 Å². The molecule has 4 aromatic carbocycles. The first-order valence-corrected chi connectivity index (χ1v) is 13.5. The molecule has 37 heavy (non-hydrogen) atoms. The lowest BCUT2D eigenvalue weighted by molar-refractivity contribution is -0.114. The second-order valence-corrected chi connectivity index (χ2v) is 11.0. The molecule has 4 aromatic rings. The van der Waals surface area contributed by atoms with Gasteiger partial charge in [-0.1, -0.05) is 71.2 Å². The van der Waals surface area contributed by atoms with Gasteiger partial charge in [-0.25, -0.2) is 8.42 Å². The summed E-state index contributed by atoms with van der Waals surface area (Å²) in [6, 6.07) is 27.4. The third-order valence-electron chi connectivity index (χ3n) is 5.42. The zero-order valence-corrected chi connectivity index (χ0v) is 22.2. The van der Waals surface area contributed by atoms with E-state index < -0.39 is 22.5 Å². The molecular weight excluding hydrogens is 531 g/mol. The smallest absolute Gasteiger partial charge is 0.264 e. The average molecular weight is 555 g/mol. The number of ether oxygens (including phenoxy) is 1. The summed E-state index contributed by atoms with van der Waals surface area (Å²) in [6.45, 7) is 1.79. The van der Waals surface area contributed by atoms with Gasteiger partial charge in [0.15, 0.2) is 0 Å². The van der Waals surface area contributed by atoms with Crippen molar-refractivity contribution in [3.63, 3.8) is 0 Å². The largest absolute Gasteiger partial charge is 0.489 e. The summed E-state index contributed by atoms with van der Waals surface area (Å²) in [6.07, 6.45) is 0. The Kier molecular flexibility index (Phi) is 8.38. The third kappa shape index (κ3) is 7.04. The number of hydrogen-bond acceptors (Lipinski definition) is 4. The van der Waals surface area contributed by atoms with E-state index in [2.05, 4.69) is 5.32 Å². The van der Waals surface area contributed by atoms with Crippen LogP contribution >= 0.6 is 23.2 Å². The van der Waals surface area contributed by atoms with Crippen molar-refractivity contribution in [2.24, 2.45) is 0 Å². The first-order chi connectivity index (χ1) is 17.7. The quantitative estimate of drug-likeness (QED) is 0.249. The zero-order chi connectivity index (χ0) is 26.4. The van der Waals surface area contributed by atoms with Crippen LogP contribution < -0.4 is 14.4 Å². The molecule has 0 fully saturated rings. The number of halogens is 2. The summed E-state index contributed by atoms with van der Waals surface area (Å²) >= 11 is 12.3. The van der Waals surface area contributed by atoms with Crippen molar-refractivity contribution >= 4 is 50.5 Å². The van der Waals surface area contributed by atoms with E-state index in [1.54, 1.807) is 36.4 Å². The predicted octanol–water partition coefficient (Wildman–Crippen LogP) is 6.71. The summed E-state index contributed by atoms with van der Waals surface area (Å²) in [5, 5.41) is 3.23. The molecule has 0 bridgehead atoms. The molecule has 0 saturated carbocycles. The number of carbonyl (C=O) groups excluding carboxylic acids is 1. The Morgan fingerprint density at radius 1 is 0.865 bits per heavy atom. The fourth-order valence-corrected chi connectivity index (χ4v) is 5.46. The minimum absolute atomic E-state index is 0.0434. The van der Waals surface area contributed by atoms with Gasteiger partial charge in [-0.05, 0) is 67.1 Å². The van der Waals surface area contributed by atoms with Gasteiger partial charge in [0.05, 0.1) is 10.6 Å². The second-order valence-electron chi connectivity index (χ2n) is 8.30. The molecule has 0 unspecified atom stereocenters. The molecule has 0 aliphatic heterocycles. The molecule has 0 aliphatic rings. The topological polar surface area (TPSA) is 75.7 Å². The van der Waals surface area contributed by atoms with Gasteiger partial charge >= 0.3 is 0 Å². The first kappa shape index (κ1) is 26.5. The molecule has 0 spiro atoms. The van der Waals surface area contributed by atoms with E-state index >= 15 is 0 Å². The van der Waals surface area contributed by atoms with Gasteiger partial charge in [0, 0.05) is 15.7 Å². The number of hydrogen-bond donors (Lipinski definition) is 1. The maximum absolute atomic E-state index is 13.5. The maximum atomic E-state index is 13.5. The highest BCUT2D eigenvalue weighted by molar-refractivity contribution is 7.92. The number of nitrogens with zero attached hydrogens (tertiary/aromatic N) is 1. The van der Waals surface area contributed by atoms with Gasteiger partial charge in [0.25, 0.3) is 10.0 Å². The molecule has 0 saturated heterocycles. The Hall–Kier alpha value is -3.52. The highest BCUT2D eigenvalue weighted by Crippen LogP contribution is 2.30. The zero-order valence-electron chi connectivity index (χ0n) is 19.9. The summed E-state index contributed by atoms with van der Waals surface area (Å²) in [5.41, 5.74) is 2.62. The third-order valence-corrected chi connectivity index (χ3v) is 7.64. The van der Waals surface area contributed by atoms with Crippen molar-refractivity contribution in [3.8, 4) is 5.75 Å². The lowest BCUT2D eigenvalue weighted by Crippen LogP contribution is -2.38. The Morgan fingerprint density at radius 3 is 2.11 bits per heavy atom. The van der Waals surface area contributed by atoms with Gasteiger partial charge in [0.2, 0.25) is 5.91 Å². The van der Waals surface area contributed by atoms with Crippen molar-refractivity contribution in [1.29, 1.82) is 0 Å². The Morgan fingerprint density at radius 2 is 1.49 bits per heavy atom. The first-order valence-electron chi connectivity index (χ1n) is 11.3. The minimum Gasteiger partial charge on any atom is -0.489 e. The number of aryl methyl sites for hydroxylation is 1. The van der Waals surface area contributed by atoms with E-state index in [1.165, 1.54) is 30.3 Å². The van der Waals surface area contributed by atoms with Crippen LogP contribution in [0.4, 0.5) is 11.4 Å². The maximum Gasteiger partial charge on any atom is 0.264 e. The van der Waals surface area contributed by atoms with E-state index in [0.717, 1.165) is 15.4 Å². The van der Waals surface area contributed by atoms with E-state index in [0.29, 0.717) is 18.0 Å². The highest BCUT2D eigenvalue weighted by Gasteiger charge is 2.28. The van der Waals surface area contributed by atoms with Crippen molar-refractivity contribution < 1.29 is 17.9 Å². The molecule has 9 heteroatoms. The van der Waals surface area contributed by atoms with Crippen LogP contribution in [0.5, 0.6) is 5.75 Å². The van der Waals surface area contributed by atoms with Crippen LogP contribution in [0.2, 0.25) is 10.0 Å². The average Bonchev–Trinajstić information content (AvgIpc) is 2.87. The molecule has 1 amide bonds. The number of benzene rings is 4. The molecular formula is C28H24Cl2N2O4S. The van der Waals surface area contributed by atoms with Gasteiger partial charge in [-0.3, -0.25) is 9.10 Å². The molecule has 0 aliphatic carbocycles. The predicted molar refractivity (Wildman–Crippen MR) is 148 cm³/mol. The van der Waals surface area contributed by atoms with Crippen LogP contribution in [0.3, 0.4) is 0 Å². The van der Waals surface area contributed by atoms with Gasteiger partial charge in [-0.2, -0.15) is 0 Å². The Balaban J connectivity index is 1.51. The van der Waals surface area contributed by atoms with Crippen LogP contribution in [-0.2, 0) is 21.4 Å². The van der Waals surface area contributed by atoms with Gasteiger partial charge < -0.3 is 10.1 Å². The van der Waals surface area contributed by atoms with Crippen LogP contribution in [0.25, 0.3) is 0 Å². The fraction of sp³-hybridized carbons (Fsp3) is 0.107. The summed E-state index contributed by atoms with van der Waals surface area (Å²) in [4.78, 5) is 13.0. The molecule has 190 valence electrons.